The maximum Gasteiger partial charge on any atom is 0.417 e. The van der Waals surface area contributed by atoms with Gasteiger partial charge in [0.25, 0.3) is 0 Å². The molecule has 2 nitrogen and oxygen atoms in total. The Bertz CT molecular complexity index is 369. The predicted octanol–water partition coefficient (Wildman–Crippen LogP) is 2.23. The highest BCUT2D eigenvalue weighted by molar-refractivity contribution is 6.89. The Balaban J connectivity index is 3.30. The maximum atomic E-state index is 12.4. The number of alkyl halides is 3. The first-order chi connectivity index (χ1) is 6.62. The summed E-state index contributed by atoms with van der Waals surface area (Å²) in [7, 11) is -1.88. The SMILES string of the molecule is C[Si](C)(C)c1cc(C(F)(F)F)cnc1N. The first-order valence-corrected chi connectivity index (χ1v) is 7.95. The summed E-state index contributed by atoms with van der Waals surface area (Å²) in [4.78, 5) is 3.60. The average Bonchev–Trinajstić information content (AvgIpc) is 2.00. The molecule has 0 atom stereocenters. The molecule has 2 N–H and O–H groups in total. The number of aromatic nitrogens is 1. The van der Waals surface area contributed by atoms with E-state index in [0.717, 1.165) is 12.3 Å². The van der Waals surface area contributed by atoms with Gasteiger partial charge in [0.1, 0.15) is 5.82 Å². The van der Waals surface area contributed by atoms with E-state index in [2.05, 4.69) is 4.98 Å². The number of halogens is 3. The summed E-state index contributed by atoms with van der Waals surface area (Å²) in [6.45, 7) is 5.79. The molecule has 0 saturated heterocycles. The molecule has 0 aliphatic heterocycles. The fourth-order valence-corrected chi connectivity index (χ4v) is 2.65. The minimum absolute atomic E-state index is 0.210. The molecule has 0 radical (unpaired) electrons. The third-order valence-electron chi connectivity index (χ3n) is 2.05. The molecule has 0 aliphatic carbocycles. The van der Waals surface area contributed by atoms with Gasteiger partial charge in [0.2, 0.25) is 0 Å². The normalized spacial score (nSPS) is 12.9. The Morgan fingerprint density at radius 3 is 2.20 bits per heavy atom. The molecule has 1 aromatic rings. The largest absolute Gasteiger partial charge is 0.417 e. The molecule has 1 heterocycles. The van der Waals surface area contributed by atoms with Crippen molar-refractivity contribution < 1.29 is 13.2 Å². The summed E-state index contributed by atoms with van der Waals surface area (Å²) in [6, 6.07) is 1.12. The Morgan fingerprint density at radius 1 is 1.27 bits per heavy atom. The summed E-state index contributed by atoms with van der Waals surface area (Å²) in [5.74, 6) is 0.210. The number of hydrogen-bond acceptors (Lipinski definition) is 2. The summed E-state index contributed by atoms with van der Waals surface area (Å²) < 4.78 is 37.3. The van der Waals surface area contributed by atoms with E-state index in [0.29, 0.717) is 5.19 Å². The molecule has 15 heavy (non-hydrogen) atoms. The topological polar surface area (TPSA) is 38.9 Å². The highest BCUT2D eigenvalue weighted by atomic mass is 28.3. The first-order valence-electron chi connectivity index (χ1n) is 4.45. The van der Waals surface area contributed by atoms with Crippen molar-refractivity contribution in [3.8, 4) is 0 Å². The van der Waals surface area contributed by atoms with Crippen LogP contribution in [-0.4, -0.2) is 13.1 Å². The van der Waals surface area contributed by atoms with Crippen LogP contribution in [0.3, 0.4) is 0 Å². The first kappa shape index (κ1) is 12.0. The van der Waals surface area contributed by atoms with Crippen LogP contribution in [0, 0.1) is 0 Å². The molecule has 1 rings (SSSR count). The molecule has 1 aromatic heterocycles. The van der Waals surface area contributed by atoms with Crippen molar-refractivity contribution >= 4 is 19.1 Å². The average molecular weight is 234 g/mol. The maximum absolute atomic E-state index is 12.4. The number of nitrogen functional groups attached to an aromatic ring is 1. The molecule has 0 fully saturated rings. The lowest BCUT2D eigenvalue weighted by Gasteiger charge is -2.19. The van der Waals surface area contributed by atoms with Crippen LogP contribution >= 0.6 is 0 Å². The fourth-order valence-electron chi connectivity index (χ4n) is 1.23. The van der Waals surface area contributed by atoms with Crippen LogP contribution in [0.15, 0.2) is 12.3 Å². The van der Waals surface area contributed by atoms with E-state index in [1.807, 2.05) is 19.6 Å². The van der Waals surface area contributed by atoms with Crippen molar-refractivity contribution in [3.63, 3.8) is 0 Å². The quantitative estimate of drug-likeness (QED) is 0.757. The Kier molecular flexibility index (Phi) is 2.82. The van der Waals surface area contributed by atoms with Gasteiger partial charge in [0.15, 0.2) is 0 Å². The molecule has 0 bridgehead atoms. The van der Waals surface area contributed by atoms with Crippen molar-refractivity contribution in [2.24, 2.45) is 0 Å². The van der Waals surface area contributed by atoms with Gasteiger partial charge in [-0.25, -0.2) is 4.98 Å². The Morgan fingerprint density at radius 2 is 1.80 bits per heavy atom. The third-order valence-corrected chi connectivity index (χ3v) is 4.07. The van der Waals surface area contributed by atoms with Gasteiger partial charge >= 0.3 is 6.18 Å². The summed E-state index contributed by atoms with van der Waals surface area (Å²) >= 11 is 0. The van der Waals surface area contributed by atoms with Crippen LogP contribution in [0.25, 0.3) is 0 Å². The minimum atomic E-state index is -4.35. The molecular weight excluding hydrogens is 221 g/mol. The Labute approximate surface area is 87.3 Å². The summed E-state index contributed by atoms with van der Waals surface area (Å²) in [5, 5.41) is 0.553. The smallest absolute Gasteiger partial charge is 0.384 e. The lowest BCUT2D eigenvalue weighted by Crippen LogP contribution is -2.40. The third kappa shape index (κ3) is 2.71. The zero-order chi connectivity index (χ0) is 11.9. The van der Waals surface area contributed by atoms with E-state index in [1.165, 1.54) is 0 Å². The van der Waals surface area contributed by atoms with Crippen LogP contribution in [-0.2, 0) is 6.18 Å². The number of nitrogens with two attached hydrogens (primary N) is 1. The fraction of sp³-hybridized carbons (Fsp3) is 0.444. The van der Waals surface area contributed by atoms with E-state index in [4.69, 9.17) is 5.73 Å². The molecule has 84 valence electrons. The predicted molar refractivity (Wildman–Crippen MR) is 56.6 cm³/mol. The summed E-state index contributed by atoms with van der Waals surface area (Å²) in [5.41, 5.74) is 4.85. The van der Waals surface area contributed by atoms with Gasteiger partial charge in [0.05, 0.1) is 13.6 Å². The molecular formula is C9H13F3N2Si. The van der Waals surface area contributed by atoms with Gasteiger partial charge in [-0.2, -0.15) is 13.2 Å². The van der Waals surface area contributed by atoms with E-state index in [1.54, 1.807) is 0 Å². The van der Waals surface area contributed by atoms with E-state index in [-0.39, 0.29) is 5.82 Å². The molecule has 6 heteroatoms. The van der Waals surface area contributed by atoms with Gasteiger partial charge in [-0.1, -0.05) is 19.6 Å². The van der Waals surface area contributed by atoms with Gasteiger partial charge in [0, 0.05) is 6.20 Å². The lowest BCUT2D eigenvalue weighted by atomic mass is 10.3. The van der Waals surface area contributed by atoms with Crippen LogP contribution < -0.4 is 10.9 Å². The van der Waals surface area contributed by atoms with Gasteiger partial charge in [-0.15, -0.1) is 0 Å². The highest BCUT2D eigenvalue weighted by Gasteiger charge is 2.33. The van der Waals surface area contributed by atoms with Crippen molar-refractivity contribution in [1.82, 2.24) is 4.98 Å². The molecule has 0 aliphatic rings. The second-order valence-electron chi connectivity index (χ2n) is 4.40. The molecule has 0 aromatic carbocycles. The van der Waals surface area contributed by atoms with Crippen LogP contribution in [0.5, 0.6) is 0 Å². The second-order valence-corrected chi connectivity index (χ2v) is 9.44. The molecule has 0 saturated carbocycles. The molecule has 0 amide bonds. The number of pyridine rings is 1. The van der Waals surface area contributed by atoms with E-state index < -0.39 is 19.8 Å². The van der Waals surface area contributed by atoms with Gasteiger partial charge in [-0.05, 0) is 11.3 Å². The second kappa shape index (κ2) is 3.51. The number of anilines is 1. The summed E-state index contributed by atoms with van der Waals surface area (Å²) in [6.07, 6.45) is -3.58. The monoisotopic (exact) mass is 234 g/mol. The van der Waals surface area contributed by atoms with E-state index in [9.17, 15) is 13.2 Å². The van der Waals surface area contributed by atoms with Crippen LogP contribution in [0.4, 0.5) is 19.0 Å². The molecule has 0 spiro atoms. The van der Waals surface area contributed by atoms with Crippen molar-refractivity contribution in [3.05, 3.63) is 17.8 Å². The van der Waals surface area contributed by atoms with Gasteiger partial charge in [-0.3, -0.25) is 0 Å². The number of hydrogen-bond donors (Lipinski definition) is 1. The molecule has 0 unspecified atom stereocenters. The zero-order valence-corrected chi connectivity index (χ0v) is 9.81. The van der Waals surface area contributed by atoms with Crippen molar-refractivity contribution in [2.75, 3.05) is 5.73 Å². The van der Waals surface area contributed by atoms with Crippen LogP contribution in [0.2, 0.25) is 19.6 Å². The highest BCUT2D eigenvalue weighted by Crippen LogP contribution is 2.28. The van der Waals surface area contributed by atoms with Crippen molar-refractivity contribution in [1.29, 1.82) is 0 Å². The zero-order valence-electron chi connectivity index (χ0n) is 8.81. The number of nitrogens with zero attached hydrogens (tertiary/aromatic N) is 1. The minimum Gasteiger partial charge on any atom is -0.384 e. The Hall–Kier alpha value is -1.04. The van der Waals surface area contributed by atoms with Crippen molar-refractivity contribution in [2.45, 2.75) is 25.8 Å². The standard InChI is InChI=1S/C9H13F3N2Si/c1-15(2,3)7-4-6(9(10,11)12)5-14-8(7)13/h4-5H,1-3H3,(H2,13,14). The van der Waals surface area contributed by atoms with E-state index >= 15 is 0 Å². The van der Waals surface area contributed by atoms with Gasteiger partial charge < -0.3 is 5.73 Å². The van der Waals surface area contributed by atoms with Crippen LogP contribution in [0.1, 0.15) is 5.56 Å². The lowest BCUT2D eigenvalue weighted by molar-refractivity contribution is -0.137. The number of rotatable bonds is 1.